The van der Waals surface area contributed by atoms with Crippen molar-refractivity contribution in [2.75, 3.05) is 0 Å². The van der Waals surface area contributed by atoms with E-state index >= 15 is 0 Å². The van der Waals surface area contributed by atoms with E-state index in [9.17, 15) is 0 Å². The standard InChI is InChI=1S/C9H12NOP/c1-6-3-7(2)9(12)4-8(6)5-10-11/h3-5,11H,12H2,1-2H3/b10-5-. The van der Waals surface area contributed by atoms with Gasteiger partial charge < -0.3 is 5.21 Å². The third-order valence-electron chi connectivity index (χ3n) is 1.85. The maximum Gasteiger partial charge on any atom is 0.0736 e. The predicted octanol–water partition coefficient (Wildman–Crippen LogP) is 1.61. The van der Waals surface area contributed by atoms with Gasteiger partial charge >= 0.3 is 0 Å². The molecule has 0 aliphatic carbocycles. The lowest BCUT2D eigenvalue weighted by Gasteiger charge is -2.04. The van der Waals surface area contributed by atoms with Crippen molar-refractivity contribution in [3.05, 3.63) is 28.8 Å². The molecule has 0 heterocycles. The van der Waals surface area contributed by atoms with E-state index in [4.69, 9.17) is 5.21 Å². The van der Waals surface area contributed by atoms with Gasteiger partial charge in [0.25, 0.3) is 0 Å². The molecule has 0 spiro atoms. The average molecular weight is 181 g/mol. The summed E-state index contributed by atoms with van der Waals surface area (Å²) in [5.41, 5.74) is 3.30. The molecule has 0 bridgehead atoms. The van der Waals surface area contributed by atoms with Crippen LogP contribution in [0.3, 0.4) is 0 Å². The van der Waals surface area contributed by atoms with Gasteiger partial charge in [0, 0.05) is 0 Å². The van der Waals surface area contributed by atoms with Crippen molar-refractivity contribution in [1.29, 1.82) is 0 Å². The Morgan fingerprint density at radius 1 is 1.33 bits per heavy atom. The Bertz CT molecular complexity index is 321. The molecule has 2 nitrogen and oxygen atoms in total. The van der Waals surface area contributed by atoms with Gasteiger partial charge in [0.15, 0.2) is 0 Å². The summed E-state index contributed by atoms with van der Waals surface area (Å²) in [6, 6.07) is 4.05. The number of hydrogen-bond donors (Lipinski definition) is 1. The maximum atomic E-state index is 8.37. The molecule has 1 aromatic rings. The van der Waals surface area contributed by atoms with Gasteiger partial charge in [0.2, 0.25) is 0 Å². The molecule has 0 amide bonds. The number of aryl methyl sites for hydroxylation is 2. The van der Waals surface area contributed by atoms with Gasteiger partial charge in [-0.05, 0) is 41.9 Å². The molecule has 0 radical (unpaired) electrons. The second-order valence-corrected chi connectivity index (χ2v) is 3.43. The van der Waals surface area contributed by atoms with Crippen LogP contribution in [0.5, 0.6) is 0 Å². The molecule has 0 aliphatic heterocycles. The molecule has 1 N–H and O–H groups in total. The van der Waals surface area contributed by atoms with E-state index in [-0.39, 0.29) is 0 Å². The Morgan fingerprint density at radius 3 is 2.58 bits per heavy atom. The average Bonchev–Trinajstić information content (AvgIpc) is 2.01. The number of rotatable bonds is 1. The second-order valence-electron chi connectivity index (χ2n) is 2.81. The van der Waals surface area contributed by atoms with Crippen molar-refractivity contribution in [2.45, 2.75) is 13.8 Å². The zero-order valence-corrected chi connectivity index (χ0v) is 8.36. The quantitative estimate of drug-likeness (QED) is 0.303. The summed E-state index contributed by atoms with van der Waals surface area (Å²) in [5.74, 6) is 0. The summed E-state index contributed by atoms with van der Waals surface area (Å²) in [6.07, 6.45) is 1.45. The van der Waals surface area contributed by atoms with E-state index in [1.807, 2.05) is 13.0 Å². The zero-order chi connectivity index (χ0) is 9.14. The summed E-state index contributed by atoms with van der Waals surface area (Å²) in [4.78, 5) is 0. The van der Waals surface area contributed by atoms with Crippen LogP contribution in [0.25, 0.3) is 0 Å². The SMILES string of the molecule is Cc1cc(C)c(/C=N\O)cc1P. The van der Waals surface area contributed by atoms with E-state index < -0.39 is 0 Å². The first-order chi connectivity index (χ1) is 5.65. The number of oxime groups is 1. The fourth-order valence-corrected chi connectivity index (χ4v) is 1.35. The van der Waals surface area contributed by atoms with E-state index in [1.54, 1.807) is 0 Å². The van der Waals surface area contributed by atoms with Crippen LogP contribution < -0.4 is 5.30 Å². The van der Waals surface area contributed by atoms with Gasteiger partial charge in [-0.15, -0.1) is 9.24 Å². The summed E-state index contributed by atoms with van der Waals surface area (Å²) >= 11 is 0. The third-order valence-corrected chi connectivity index (χ3v) is 2.47. The Balaban J connectivity index is 3.23. The lowest BCUT2D eigenvalue weighted by molar-refractivity contribution is 0.322. The van der Waals surface area contributed by atoms with Crippen LogP contribution in [0.1, 0.15) is 16.7 Å². The van der Waals surface area contributed by atoms with E-state index in [0.29, 0.717) is 0 Å². The van der Waals surface area contributed by atoms with Gasteiger partial charge in [-0.25, -0.2) is 0 Å². The summed E-state index contributed by atoms with van der Waals surface area (Å²) in [5, 5.41) is 12.5. The molecule has 0 saturated heterocycles. The first-order valence-electron chi connectivity index (χ1n) is 3.69. The van der Waals surface area contributed by atoms with Gasteiger partial charge in [-0.3, -0.25) is 0 Å². The smallest absolute Gasteiger partial charge is 0.0736 e. The topological polar surface area (TPSA) is 32.6 Å². The summed E-state index contributed by atoms with van der Waals surface area (Å²) in [6.45, 7) is 4.04. The molecule has 1 unspecified atom stereocenters. The lowest BCUT2D eigenvalue weighted by Crippen LogP contribution is -2.01. The highest BCUT2D eigenvalue weighted by Crippen LogP contribution is 2.08. The van der Waals surface area contributed by atoms with Crippen molar-refractivity contribution in [1.82, 2.24) is 0 Å². The minimum Gasteiger partial charge on any atom is -0.411 e. The van der Waals surface area contributed by atoms with Gasteiger partial charge in [-0.2, -0.15) is 0 Å². The molecule has 1 rings (SSSR count). The fraction of sp³-hybridized carbons (Fsp3) is 0.222. The minimum atomic E-state index is 0.952. The first kappa shape index (κ1) is 9.21. The molecule has 0 saturated carbocycles. The molecule has 12 heavy (non-hydrogen) atoms. The van der Waals surface area contributed by atoms with Crippen LogP contribution in [0.4, 0.5) is 0 Å². The van der Waals surface area contributed by atoms with Crippen molar-refractivity contribution < 1.29 is 5.21 Å². The second kappa shape index (κ2) is 3.68. The summed E-state index contributed by atoms with van der Waals surface area (Å²) in [7, 11) is 2.65. The van der Waals surface area contributed by atoms with Crippen LogP contribution in [-0.4, -0.2) is 11.4 Å². The lowest BCUT2D eigenvalue weighted by atomic mass is 10.1. The largest absolute Gasteiger partial charge is 0.411 e. The highest BCUT2D eigenvalue weighted by molar-refractivity contribution is 7.27. The van der Waals surface area contributed by atoms with Crippen LogP contribution in [0.15, 0.2) is 17.3 Å². The Hall–Kier alpha value is -0.880. The molecule has 1 atom stereocenters. The molecular formula is C9H12NOP. The molecular weight excluding hydrogens is 169 g/mol. The van der Waals surface area contributed by atoms with Crippen molar-refractivity contribution >= 4 is 20.8 Å². The Kier molecular flexibility index (Phi) is 2.83. The van der Waals surface area contributed by atoms with E-state index in [1.165, 1.54) is 11.8 Å². The number of nitrogens with zero attached hydrogens (tertiary/aromatic N) is 1. The van der Waals surface area contributed by atoms with Crippen LogP contribution in [-0.2, 0) is 0 Å². The molecule has 0 fully saturated rings. The number of hydrogen-bond acceptors (Lipinski definition) is 2. The van der Waals surface area contributed by atoms with Crippen molar-refractivity contribution in [3.8, 4) is 0 Å². The Labute approximate surface area is 74.5 Å². The highest BCUT2D eigenvalue weighted by atomic mass is 31.0. The van der Waals surface area contributed by atoms with Crippen molar-refractivity contribution in [3.63, 3.8) is 0 Å². The highest BCUT2D eigenvalue weighted by Gasteiger charge is 1.98. The zero-order valence-electron chi connectivity index (χ0n) is 7.20. The van der Waals surface area contributed by atoms with Gasteiger partial charge in [0.05, 0.1) is 6.21 Å². The minimum absolute atomic E-state index is 0.952. The van der Waals surface area contributed by atoms with Crippen LogP contribution in [0.2, 0.25) is 0 Å². The van der Waals surface area contributed by atoms with Crippen molar-refractivity contribution in [2.24, 2.45) is 5.16 Å². The monoisotopic (exact) mass is 181 g/mol. The molecule has 3 heteroatoms. The first-order valence-corrected chi connectivity index (χ1v) is 4.27. The Morgan fingerprint density at radius 2 is 2.00 bits per heavy atom. The van der Waals surface area contributed by atoms with Crippen LogP contribution in [0, 0.1) is 13.8 Å². The molecule has 64 valence electrons. The number of benzene rings is 1. The van der Waals surface area contributed by atoms with E-state index in [2.05, 4.69) is 27.4 Å². The fourth-order valence-electron chi connectivity index (χ4n) is 1.09. The van der Waals surface area contributed by atoms with Gasteiger partial charge in [-0.1, -0.05) is 11.2 Å². The maximum absolute atomic E-state index is 8.37. The molecule has 0 aromatic heterocycles. The van der Waals surface area contributed by atoms with Gasteiger partial charge in [0.1, 0.15) is 0 Å². The van der Waals surface area contributed by atoms with E-state index in [0.717, 1.165) is 16.4 Å². The summed E-state index contributed by atoms with van der Waals surface area (Å²) < 4.78 is 0. The van der Waals surface area contributed by atoms with Crippen LogP contribution >= 0.6 is 9.24 Å². The normalized spacial score (nSPS) is 10.9. The molecule has 0 aliphatic rings. The molecule has 1 aromatic carbocycles. The predicted molar refractivity (Wildman–Crippen MR) is 54.6 cm³/mol. The third kappa shape index (κ3) is 1.83.